The third-order valence-corrected chi connectivity index (χ3v) is 7.03. The van der Waals surface area contributed by atoms with Crippen LogP contribution in [0.25, 0.3) is 0 Å². The van der Waals surface area contributed by atoms with Crippen LogP contribution in [-0.2, 0) is 0 Å². The highest BCUT2D eigenvalue weighted by Gasteiger charge is 2.30. The van der Waals surface area contributed by atoms with E-state index < -0.39 is 12.3 Å². The van der Waals surface area contributed by atoms with E-state index in [0.717, 1.165) is 38.5 Å². The first-order valence-corrected chi connectivity index (χ1v) is 8.65. The lowest BCUT2D eigenvalue weighted by Gasteiger charge is -2.29. The summed E-state index contributed by atoms with van der Waals surface area (Å²) in [6.45, 7) is 0. The molecule has 2 rings (SSSR count). The number of rotatable bonds is 3. The van der Waals surface area contributed by atoms with E-state index >= 15 is 0 Å². The Kier molecular flexibility index (Phi) is 5.27. The van der Waals surface area contributed by atoms with Crippen LogP contribution in [0.1, 0.15) is 51.4 Å². The normalized spacial score (nSPS) is 40.9. The van der Waals surface area contributed by atoms with Crippen molar-refractivity contribution < 1.29 is 8.78 Å². The van der Waals surface area contributed by atoms with Gasteiger partial charge in [-0.3, -0.25) is 0 Å². The minimum Gasteiger partial charge on any atom is -0.246 e. The van der Waals surface area contributed by atoms with Gasteiger partial charge in [0.15, 0.2) is 0 Å². The van der Waals surface area contributed by atoms with Crippen molar-refractivity contribution >= 4 is 21.6 Å². The maximum atomic E-state index is 13.6. The summed E-state index contributed by atoms with van der Waals surface area (Å²) in [7, 11) is 3.23. The van der Waals surface area contributed by atoms with Gasteiger partial charge >= 0.3 is 0 Å². The first-order chi connectivity index (χ1) is 7.77. The molecule has 2 fully saturated rings. The maximum Gasteiger partial charge on any atom is 0.113 e. The van der Waals surface area contributed by atoms with Gasteiger partial charge in [-0.15, -0.1) is 0 Å². The fraction of sp³-hybridized carbons (Fsp3) is 1.00. The quantitative estimate of drug-likeness (QED) is 0.664. The second kappa shape index (κ2) is 6.48. The van der Waals surface area contributed by atoms with E-state index in [1.165, 1.54) is 0 Å². The van der Waals surface area contributed by atoms with Gasteiger partial charge in [-0.25, -0.2) is 8.78 Å². The second-order valence-electron chi connectivity index (χ2n) is 4.87. The van der Waals surface area contributed by atoms with E-state index in [2.05, 4.69) is 0 Å². The summed E-state index contributed by atoms with van der Waals surface area (Å²) in [5.41, 5.74) is 0. The molecule has 0 saturated heterocycles. The summed E-state index contributed by atoms with van der Waals surface area (Å²) >= 11 is 0. The fourth-order valence-electron chi connectivity index (χ4n) is 2.46. The van der Waals surface area contributed by atoms with Crippen LogP contribution in [0.4, 0.5) is 8.78 Å². The zero-order chi connectivity index (χ0) is 11.4. The Bertz CT molecular complexity index is 191. The van der Waals surface area contributed by atoms with Crippen LogP contribution in [0, 0.1) is 0 Å². The highest BCUT2D eigenvalue weighted by molar-refractivity contribution is 8.77. The van der Waals surface area contributed by atoms with Crippen LogP contribution < -0.4 is 0 Å². The zero-order valence-corrected chi connectivity index (χ0v) is 11.2. The van der Waals surface area contributed by atoms with Crippen LogP contribution >= 0.6 is 21.6 Å². The molecule has 0 spiro atoms. The van der Waals surface area contributed by atoms with E-state index in [1.54, 1.807) is 21.6 Å². The van der Waals surface area contributed by atoms with E-state index in [1.807, 2.05) is 0 Å². The lowest BCUT2D eigenvalue weighted by Crippen LogP contribution is -2.25. The molecule has 2 aliphatic rings. The molecule has 2 aliphatic carbocycles. The maximum absolute atomic E-state index is 13.6. The second-order valence-corrected chi connectivity index (χ2v) is 7.62. The molecular weight excluding hydrogens is 246 g/mol. The van der Waals surface area contributed by atoms with E-state index in [9.17, 15) is 8.78 Å². The van der Waals surface area contributed by atoms with Gasteiger partial charge in [0.2, 0.25) is 0 Å². The predicted octanol–water partition coefficient (Wildman–Crippen LogP) is 4.93. The van der Waals surface area contributed by atoms with Gasteiger partial charge in [0.1, 0.15) is 12.3 Å². The summed E-state index contributed by atoms with van der Waals surface area (Å²) in [6.07, 6.45) is 6.39. The molecule has 0 aromatic rings. The van der Waals surface area contributed by atoms with Gasteiger partial charge < -0.3 is 0 Å². The summed E-state index contributed by atoms with van der Waals surface area (Å²) in [5.74, 6) is 0. The van der Waals surface area contributed by atoms with Crippen molar-refractivity contribution in [2.45, 2.75) is 74.2 Å². The van der Waals surface area contributed by atoms with Gasteiger partial charge in [0.25, 0.3) is 0 Å². The summed E-state index contributed by atoms with van der Waals surface area (Å²) in [4.78, 5) is 0. The number of halogens is 2. The van der Waals surface area contributed by atoms with Crippen molar-refractivity contribution in [1.82, 2.24) is 0 Å². The average molecular weight is 266 g/mol. The summed E-state index contributed by atoms with van der Waals surface area (Å²) in [6, 6.07) is 0. The van der Waals surface area contributed by atoms with Gasteiger partial charge in [-0.1, -0.05) is 47.3 Å². The van der Waals surface area contributed by atoms with Crippen molar-refractivity contribution in [3.8, 4) is 0 Å². The van der Waals surface area contributed by atoms with Crippen LogP contribution in [0.3, 0.4) is 0 Å². The van der Waals surface area contributed by atoms with E-state index in [0.29, 0.717) is 12.8 Å². The van der Waals surface area contributed by atoms with Crippen LogP contribution in [0.5, 0.6) is 0 Å². The van der Waals surface area contributed by atoms with Crippen molar-refractivity contribution in [1.29, 1.82) is 0 Å². The third-order valence-electron chi connectivity index (χ3n) is 3.55. The van der Waals surface area contributed by atoms with Crippen LogP contribution in [-0.4, -0.2) is 22.8 Å². The van der Waals surface area contributed by atoms with Gasteiger partial charge in [-0.05, 0) is 25.7 Å². The first-order valence-electron chi connectivity index (χ1n) is 6.37. The molecule has 0 N–H and O–H groups in total. The van der Waals surface area contributed by atoms with E-state index in [4.69, 9.17) is 0 Å². The molecule has 4 atom stereocenters. The lowest BCUT2D eigenvalue weighted by atomic mass is 9.98. The van der Waals surface area contributed by atoms with Gasteiger partial charge in [0.05, 0.1) is 0 Å². The minimum absolute atomic E-state index is 0.118. The predicted molar refractivity (Wildman–Crippen MR) is 69.5 cm³/mol. The Morgan fingerprint density at radius 2 is 1.00 bits per heavy atom. The summed E-state index contributed by atoms with van der Waals surface area (Å²) < 4.78 is 27.1. The molecule has 94 valence electrons. The van der Waals surface area contributed by atoms with Gasteiger partial charge in [-0.2, -0.15) is 0 Å². The highest BCUT2D eigenvalue weighted by atomic mass is 33.1. The summed E-state index contributed by atoms with van der Waals surface area (Å²) in [5, 5.41) is 0.237. The lowest BCUT2D eigenvalue weighted by molar-refractivity contribution is 0.258. The molecule has 0 nitrogen and oxygen atoms in total. The molecule has 0 aromatic heterocycles. The molecule has 0 heterocycles. The first kappa shape index (κ1) is 13.0. The Morgan fingerprint density at radius 1 is 0.625 bits per heavy atom. The Balaban J connectivity index is 1.72. The van der Waals surface area contributed by atoms with Gasteiger partial charge in [0, 0.05) is 10.5 Å². The minimum atomic E-state index is -0.659. The number of hydrogen-bond acceptors (Lipinski definition) is 2. The molecule has 4 heteroatoms. The van der Waals surface area contributed by atoms with Crippen LogP contribution in [0.15, 0.2) is 0 Å². The van der Waals surface area contributed by atoms with E-state index in [-0.39, 0.29) is 10.5 Å². The molecule has 0 radical (unpaired) electrons. The molecule has 4 unspecified atom stereocenters. The number of alkyl halides is 2. The SMILES string of the molecule is FC1CCCCC1SSC1CCCCC1F. The molecular formula is C12H20F2S2. The average Bonchev–Trinajstić information content (AvgIpc) is 2.30. The van der Waals surface area contributed by atoms with Crippen molar-refractivity contribution in [3.63, 3.8) is 0 Å². The smallest absolute Gasteiger partial charge is 0.113 e. The Hall–Kier alpha value is 0.560. The molecule has 0 amide bonds. The topological polar surface area (TPSA) is 0 Å². The zero-order valence-electron chi connectivity index (χ0n) is 9.54. The van der Waals surface area contributed by atoms with Crippen LogP contribution in [0.2, 0.25) is 0 Å². The third kappa shape index (κ3) is 3.52. The number of hydrogen-bond donors (Lipinski definition) is 0. The van der Waals surface area contributed by atoms with Crippen molar-refractivity contribution in [2.75, 3.05) is 0 Å². The Labute approximate surface area is 105 Å². The molecule has 0 aromatic carbocycles. The molecule has 16 heavy (non-hydrogen) atoms. The van der Waals surface area contributed by atoms with Crippen molar-refractivity contribution in [3.05, 3.63) is 0 Å². The largest absolute Gasteiger partial charge is 0.246 e. The molecule has 2 saturated carbocycles. The standard InChI is InChI=1S/C12H20F2S2/c13-9-5-1-3-7-11(9)15-16-12-8-4-2-6-10(12)14/h9-12H,1-8H2. The highest BCUT2D eigenvalue weighted by Crippen LogP contribution is 2.43. The Morgan fingerprint density at radius 3 is 1.38 bits per heavy atom. The molecule has 0 aliphatic heterocycles. The van der Waals surface area contributed by atoms with Crippen molar-refractivity contribution in [2.24, 2.45) is 0 Å². The fourth-order valence-corrected chi connectivity index (χ4v) is 5.94. The monoisotopic (exact) mass is 266 g/mol. The molecule has 0 bridgehead atoms.